The Hall–Kier alpha value is -3.29. The van der Waals surface area contributed by atoms with Crippen LogP contribution < -0.4 is 23.7 Å². The third-order valence-corrected chi connectivity index (χ3v) is 7.30. The molecule has 4 rings (SSSR count). The van der Waals surface area contributed by atoms with Crippen LogP contribution in [-0.2, 0) is 16.0 Å². The number of unbranched alkanes of at least 4 members (excludes halogenated alkanes) is 2. The van der Waals surface area contributed by atoms with Gasteiger partial charge in [0.25, 0.3) is 0 Å². The highest BCUT2D eigenvalue weighted by Crippen LogP contribution is 2.58. The Morgan fingerprint density at radius 3 is 2.44 bits per heavy atom. The van der Waals surface area contributed by atoms with Crippen molar-refractivity contribution < 1.29 is 38.3 Å². The Balaban J connectivity index is 1.98. The summed E-state index contributed by atoms with van der Waals surface area (Å²) in [7, 11) is 4.68. The van der Waals surface area contributed by atoms with Crippen molar-refractivity contribution in [3.05, 3.63) is 23.3 Å². The lowest BCUT2D eigenvalue weighted by Crippen LogP contribution is -2.26. The summed E-state index contributed by atoms with van der Waals surface area (Å²) in [5.41, 5.74) is 2.71. The van der Waals surface area contributed by atoms with E-state index >= 15 is 0 Å². The van der Waals surface area contributed by atoms with E-state index in [2.05, 4.69) is 20.8 Å². The van der Waals surface area contributed by atoms with Crippen LogP contribution in [-0.4, -0.2) is 39.2 Å². The van der Waals surface area contributed by atoms with Gasteiger partial charge in [0.1, 0.15) is 6.10 Å². The molecule has 0 saturated carbocycles. The molecule has 0 bridgehead atoms. The number of rotatable bonds is 8. The van der Waals surface area contributed by atoms with Gasteiger partial charge in [-0.05, 0) is 36.5 Å². The predicted octanol–water partition coefficient (Wildman–Crippen LogP) is 5.81. The van der Waals surface area contributed by atoms with Gasteiger partial charge >= 0.3 is 5.97 Å². The predicted molar refractivity (Wildman–Crippen MR) is 134 cm³/mol. The number of ether oxygens (including phenoxy) is 6. The van der Waals surface area contributed by atoms with Gasteiger partial charge < -0.3 is 33.5 Å². The number of phenols is 1. The van der Waals surface area contributed by atoms with Gasteiger partial charge in [0.15, 0.2) is 23.0 Å². The first-order valence-corrected chi connectivity index (χ1v) is 12.5. The minimum Gasteiger partial charge on any atom is -0.504 e. The lowest BCUT2D eigenvalue weighted by atomic mass is 9.76. The summed E-state index contributed by atoms with van der Waals surface area (Å²) >= 11 is 0. The van der Waals surface area contributed by atoms with E-state index in [4.69, 9.17) is 28.4 Å². The van der Waals surface area contributed by atoms with Gasteiger partial charge in [0.05, 0.1) is 21.3 Å². The molecular weight excluding hydrogens is 464 g/mol. The molecule has 3 unspecified atom stereocenters. The van der Waals surface area contributed by atoms with Crippen molar-refractivity contribution in [2.24, 2.45) is 11.8 Å². The fraction of sp³-hybridized carbons (Fsp3) is 0.536. The van der Waals surface area contributed by atoms with Crippen molar-refractivity contribution in [2.45, 2.75) is 59.0 Å². The fourth-order valence-electron chi connectivity index (χ4n) is 5.18. The topological polar surface area (TPSA) is 92.7 Å². The largest absolute Gasteiger partial charge is 0.504 e. The molecule has 1 heterocycles. The van der Waals surface area contributed by atoms with E-state index in [1.54, 1.807) is 21.3 Å². The zero-order valence-corrected chi connectivity index (χ0v) is 21.9. The minimum absolute atomic E-state index is 0.00482. The number of aromatic hydroxyl groups is 1. The molecule has 2 aromatic rings. The Morgan fingerprint density at radius 1 is 1.03 bits per heavy atom. The Labute approximate surface area is 212 Å². The van der Waals surface area contributed by atoms with Crippen molar-refractivity contribution in [1.29, 1.82) is 0 Å². The van der Waals surface area contributed by atoms with Crippen LogP contribution >= 0.6 is 0 Å². The molecule has 0 spiro atoms. The van der Waals surface area contributed by atoms with Crippen LogP contribution in [0.3, 0.4) is 0 Å². The molecule has 0 aromatic heterocycles. The van der Waals surface area contributed by atoms with Crippen molar-refractivity contribution in [3.8, 4) is 45.6 Å². The number of carbonyl (C=O) groups is 1. The molecule has 3 atom stereocenters. The van der Waals surface area contributed by atoms with Crippen molar-refractivity contribution >= 4 is 5.97 Å². The zero-order valence-electron chi connectivity index (χ0n) is 21.9. The first-order chi connectivity index (χ1) is 17.4. The number of hydrogen-bond donors (Lipinski definition) is 1. The van der Waals surface area contributed by atoms with Crippen LogP contribution in [0.5, 0.6) is 34.5 Å². The molecule has 8 heteroatoms. The van der Waals surface area contributed by atoms with E-state index < -0.39 is 6.10 Å². The van der Waals surface area contributed by atoms with Crippen LogP contribution in [0.15, 0.2) is 12.1 Å². The fourth-order valence-corrected chi connectivity index (χ4v) is 5.18. The van der Waals surface area contributed by atoms with Crippen LogP contribution in [0, 0.1) is 11.8 Å². The molecule has 0 saturated heterocycles. The highest BCUT2D eigenvalue weighted by Gasteiger charge is 2.39. The SMILES string of the molecule is CCCCCC(=O)OC1c2cc3c(c(O)c2-c2c(cc(OC)c(OC)c2OC)CC(C)C1C)OCO3. The average molecular weight is 501 g/mol. The first kappa shape index (κ1) is 25.8. The van der Waals surface area contributed by atoms with Crippen molar-refractivity contribution in [2.75, 3.05) is 28.1 Å². The van der Waals surface area contributed by atoms with Crippen LogP contribution in [0.4, 0.5) is 0 Å². The summed E-state index contributed by atoms with van der Waals surface area (Å²) in [5, 5.41) is 11.5. The molecule has 0 radical (unpaired) electrons. The monoisotopic (exact) mass is 500 g/mol. The van der Waals surface area contributed by atoms with Gasteiger partial charge in [-0.25, -0.2) is 0 Å². The van der Waals surface area contributed by atoms with Gasteiger partial charge in [-0.15, -0.1) is 0 Å². The average Bonchev–Trinajstić information content (AvgIpc) is 3.35. The second kappa shape index (κ2) is 10.8. The van der Waals surface area contributed by atoms with E-state index in [0.29, 0.717) is 52.5 Å². The van der Waals surface area contributed by atoms with E-state index in [0.717, 1.165) is 24.8 Å². The Kier molecular flexibility index (Phi) is 7.71. The van der Waals surface area contributed by atoms with Crippen LogP contribution in [0.2, 0.25) is 0 Å². The number of methoxy groups -OCH3 is 3. The number of carbonyl (C=O) groups excluding carboxylic acids is 1. The number of benzene rings is 2. The van der Waals surface area contributed by atoms with Gasteiger partial charge in [-0.1, -0.05) is 33.6 Å². The van der Waals surface area contributed by atoms with E-state index in [1.807, 2.05) is 12.1 Å². The number of fused-ring (bicyclic) bond motifs is 4. The summed E-state index contributed by atoms with van der Waals surface area (Å²) in [6.07, 6.45) is 3.15. The highest BCUT2D eigenvalue weighted by atomic mass is 16.7. The molecule has 0 amide bonds. The molecular formula is C28H36O8. The third kappa shape index (κ3) is 4.49. The molecule has 0 fully saturated rings. The highest BCUT2D eigenvalue weighted by molar-refractivity contribution is 5.88. The third-order valence-electron chi connectivity index (χ3n) is 7.30. The smallest absolute Gasteiger partial charge is 0.306 e. The van der Waals surface area contributed by atoms with Crippen LogP contribution in [0.1, 0.15) is 63.7 Å². The summed E-state index contributed by atoms with van der Waals surface area (Å²) in [4.78, 5) is 12.9. The lowest BCUT2D eigenvalue weighted by molar-refractivity contribution is -0.153. The summed E-state index contributed by atoms with van der Waals surface area (Å²) in [5.74, 6) is 1.79. The van der Waals surface area contributed by atoms with Crippen molar-refractivity contribution in [3.63, 3.8) is 0 Å². The van der Waals surface area contributed by atoms with Gasteiger partial charge in [0, 0.05) is 29.0 Å². The Morgan fingerprint density at radius 2 is 1.78 bits per heavy atom. The Bertz CT molecular complexity index is 1130. The van der Waals surface area contributed by atoms with Crippen LogP contribution in [0.25, 0.3) is 11.1 Å². The molecule has 2 aromatic carbocycles. The van der Waals surface area contributed by atoms with Gasteiger partial charge in [-0.2, -0.15) is 0 Å². The van der Waals surface area contributed by atoms with E-state index in [1.165, 1.54) is 0 Å². The molecule has 8 nitrogen and oxygen atoms in total. The maximum Gasteiger partial charge on any atom is 0.306 e. The number of esters is 1. The molecule has 1 aliphatic heterocycles. The van der Waals surface area contributed by atoms with Gasteiger partial charge in [0.2, 0.25) is 18.3 Å². The minimum atomic E-state index is -0.601. The summed E-state index contributed by atoms with van der Waals surface area (Å²) < 4.78 is 34.5. The maximum atomic E-state index is 12.9. The van der Waals surface area contributed by atoms with E-state index in [9.17, 15) is 9.90 Å². The second-order valence-corrected chi connectivity index (χ2v) is 9.51. The second-order valence-electron chi connectivity index (χ2n) is 9.51. The summed E-state index contributed by atoms with van der Waals surface area (Å²) in [6, 6.07) is 3.74. The first-order valence-electron chi connectivity index (χ1n) is 12.5. The summed E-state index contributed by atoms with van der Waals surface area (Å²) in [6.45, 7) is 6.30. The number of hydrogen-bond acceptors (Lipinski definition) is 8. The number of phenolic OH excluding ortho intramolecular Hbond substituents is 1. The van der Waals surface area contributed by atoms with E-state index in [-0.39, 0.29) is 36.1 Å². The lowest BCUT2D eigenvalue weighted by Gasteiger charge is -2.35. The molecule has 36 heavy (non-hydrogen) atoms. The quantitative estimate of drug-likeness (QED) is 0.359. The normalized spacial score (nSPS) is 20.0. The molecule has 1 N–H and O–H groups in total. The standard InChI is InChI=1S/C28H36O8/c1-7-8-9-10-21(29)36-25-16(3)15(2)11-17-12-19(31-4)27(32-5)28(33-6)22(17)23-18(25)13-20-26(24(23)30)35-14-34-20/h12-13,15-16,25,30H,7-11,14H2,1-6H3. The zero-order chi connectivity index (χ0) is 26.0. The maximum absolute atomic E-state index is 12.9. The molecule has 2 aliphatic rings. The van der Waals surface area contributed by atoms with Crippen molar-refractivity contribution in [1.82, 2.24) is 0 Å². The van der Waals surface area contributed by atoms with Gasteiger partial charge in [-0.3, -0.25) is 4.79 Å². The molecule has 1 aliphatic carbocycles. The molecule has 196 valence electrons.